The molecule has 5 rings (SSSR count). The molecule has 0 saturated heterocycles. The third kappa shape index (κ3) is 7.62. The van der Waals surface area contributed by atoms with Crippen molar-refractivity contribution in [1.29, 1.82) is 0 Å². The minimum absolute atomic E-state index is 0.0632. The first kappa shape index (κ1) is 31.5. The molecule has 0 aromatic heterocycles. The topological polar surface area (TPSA) is 80.2 Å². The molecule has 1 aliphatic rings. The van der Waals surface area contributed by atoms with Crippen LogP contribution in [0.2, 0.25) is 10.0 Å². The molecule has 222 valence electrons. The standard InChI is InChI=1S/C33H28Br2Cl2N2O4/c34-25-9-2-21(3-10-25)19-33(32(41)38-20-22-4-15-28(36)29(37)18-22)30(23-5-11-26(35)12-6-23)43-31(39-33)24-7-13-27(14-8-24)42-17-1-16-40/h2-15,18,30,40H,1,16-17,19-20H2,(H,38,41)/t30-,33-/m1/s1. The van der Waals surface area contributed by atoms with Crippen molar-refractivity contribution in [3.8, 4) is 5.75 Å². The lowest BCUT2D eigenvalue weighted by Crippen LogP contribution is -2.49. The number of amides is 1. The molecule has 4 aromatic carbocycles. The van der Waals surface area contributed by atoms with Gasteiger partial charge in [-0.15, -0.1) is 0 Å². The molecule has 0 radical (unpaired) electrons. The summed E-state index contributed by atoms with van der Waals surface area (Å²) in [6.45, 7) is 0.706. The van der Waals surface area contributed by atoms with Gasteiger partial charge in [-0.25, -0.2) is 4.99 Å². The average Bonchev–Trinajstić information content (AvgIpc) is 3.40. The predicted octanol–water partition coefficient (Wildman–Crippen LogP) is 8.10. The molecule has 1 heterocycles. The largest absolute Gasteiger partial charge is 0.494 e. The molecular formula is C33H28Br2Cl2N2O4. The zero-order chi connectivity index (χ0) is 30.4. The highest BCUT2D eigenvalue weighted by molar-refractivity contribution is 9.10. The molecule has 0 fully saturated rings. The number of hydrogen-bond acceptors (Lipinski definition) is 5. The van der Waals surface area contributed by atoms with E-state index < -0.39 is 11.6 Å². The SMILES string of the molecule is O=C(NCc1ccc(Cl)c(Cl)c1)[C@]1(Cc2ccc(Br)cc2)N=C(c2ccc(OCCCO)cc2)O[C@@H]1c1ccc(Br)cc1. The van der Waals surface area contributed by atoms with E-state index in [9.17, 15) is 4.79 Å². The summed E-state index contributed by atoms with van der Waals surface area (Å²) in [6, 6.07) is 28.2. The molecule has 10 heteroatoms. The first-order valence-corrected chi connectivity index (χ1v) is 15.9. The number of rotatable bonds is 11. The van der Waals surface area contributed by atoms with Crippen molar-refractivity contribution in [1.82, 2.24) is 5.32 Å². The van der Waals surface area contributed by atoms with E-state index >= 15 is 0 Å². The van der Waals surface area contributed by atoms with Crippen molar-refractivity contribution < 1.29 is 19.4 Å². The molecule has 6 nitrogen and oxygen atoms in total. The van der Waals surface area contributed by atoms with Crippen LogP contribution in [-0.2, 0) is 22.5 Å². The summed E-state index contributed by atoms with van der Waals surface area (Å²) in [5.74, 6) is 0.741. The lowest BCUT2D eigenvalue weighted by molar-refractivity contribution is -0.129. The summed E-state index contributed by atoms with van der Waals surface area (Å²) in [5.41, 5.74) is 1.93. The van der Waals surface area contributed by atoms with E-state index in [1.807, 2.05) is 78.9 Å². The summed E-state index contributed by atoms with van der Waals surface area (Å²) in [5, 5.41) is 13.0. The maximum atomic E-state index is 14.4. The molecule has 0 spiro atoms. The number of nitrogens with one attached hydrogen (secondary N) is 1. The number of halogens is 4. The highest BCUT2D eigenvalue weighted by atomic mass is 79.9. The predicted molar refractivity (Wildman–Crippen MR) is 177 cm³/mol. The fourth-order valence-corrected chi connectivity index (χ4v) is 5.67. The number of carbonyl (C=O) groups is 1. The van der Waals surface area contributed by atoms with Gasteiger partial charge in [-0.3, -0.25) is 4.79 Å². The number of aliphatic imine (C=N–C) groups is 1. The molecule has 0 bridgehead atoms. The molecule has 0 unspecified atom stereocenters. The minimum atomic E-state index is -1.33. The van der Waals surface area contributed by atoms with Crippen LogP contribution in [0.3, 0.4) is 0 Å². The molecule has 1 amide bonds. The number of hydrogen-bond donors (Lipinski definition) is 2. The van der Waals surface area contributed by atoms with Gasteiger partial charge in [0.15, 0.2) is 11.6 Å². The third-order valence-corrected chi connectivity index (χ3v) is 8.82. The van der Waals surface area contributed by atoms with Crippen LogP contribution in [0, 0.1) is 0 Å². The quantitative estimate of drug-likeness (QED) is 0.152. The fraction of sp³-hybridized carbons (Fsp3) is 0.212. The zero-order valence-corrected chi connectivity index (χ0v) is 27.6. The Balaban J connectivity index is 1.54. The van der Waals surface area contributed by atoms with Gasteiger partial charge in [-0.1, -0.05) is 85.4 Å². The van der Waals surface area contributed by atoms with E-state index in [-0.39, 0.29) is 19.1 Å². The molecule has 0 aliphatic carbocycles. The summed E-state index contributed by atoms with van der Waals surface area (Å²) in [6.07, 6.45) is 0.121. The Kier molecular flexibility index (Phi) is 10.5. The Morgan fingerprint density at radius 3 is 2.21 bits per heavy atom. The Morgan fingerprint density at radius 2 is 1.56 bits per heavy atom. The first-order valence-electron chi connectivity index (χ1n) is 13.6. The van der Waals surface area contributed by atoms with Crippen LogP contribution < -0.4 is 10.1 Å². The highest BCUT2D eigenvalue weighted by Crippen LogP contribution is 2.43. The molecule has 4 aromatic rings. The Hall–Kier alpha value is -2.88. The van der Waals surface area contributed by atoms with Gasteiger partial charge in [-0.05, 0) is 77.4 Å². The molecular weight excluding hydrogens is 719 g/mol. The van der Waals surface area contributed by atoms with E-state index in [0.29, 0.717) is 46.7 Å². The van der Waals surface area contributed by atoms with Gasteiger partial charge < -0.3 is 19.9 Å². The van der Waals surface area contributed by atoms with Crippen LogP contribution in [0.25, 0.3) is 0 Å². The molecule has 43 heavy (non-hydrogen) atoms. The van der Waals surface area contributed by atoms with Gasteiger partial charge in [0.1, 0.15) is 5.75 Å². The van der Waals surface area contributed by atoms with Crippen LogP contribution >= 0.6 is 55.1 Å². The number of carbonyl (C=O) groups excluding carboxylic acids is 1. The number of aliphatic hydroxyl groups excluding tert-OH is 1. The smallest absolute Gasteiger partial charge is 0.252 e. The van der Waals surface area contributed by atoms with Gasteiger partial charge in [-0.2, -0.15) is 0 Å². The van der Waals surface area contributed by atoms with Crippen molar-refractivity contribution in [2.45, 2.75) is 31.0 Å². The van der Waals surface area contributed by atoms with Gasteiger partial charge in [0, 0.05) is 40.5 Å². The number of ether oxygens (including phenoxy) is 2. The average molecular weight is 747 g/mol. The summed E-state index contributed by atoms with van der Waals surface area (Å²) < 4.78 is 14.1. The van der Waals surface area contributed by atoms with E-state index in [2.05, 4.69) is 37.2 Å². The maximum Gasteiger partial charge on any atom is 0.252 e. The second kappa shape index (κ2) is 14.3. The van der Waals surface area contributed by atoms with E-state index in [1.165, 1.54) is 0 Å². The summed E-state index contributed by atoms with van der Waals surface area (Å²) >= 11 is 19.4. The van der Waals surface area contributed by atoms with E-state index in [1.54, 1.807) is 12.1 Å². The molecule has 0 saturated carbocycles. The number of aliphatic hydroxyl groups is 1. The second-order valence-electron chi connectivity index (χ2n) is 10.1. The Morgan fingerprint density at radius 1 is 0.907 bits per heavy atom. The zero-order valence-electron chi connectivity index (χ0n) is 22.9. The van der Waals surface area contributed by atoms with E-state index in [0.717, 1.165) is 25.6 Å². The van der Waals surface area contributed by atoms with Crippen LogP contribution in [0.4, 0.5) is 0 Å². The normalized spacial score (nSPS) is 17.7. The molecule has 2 N–H and O–H groups in total. The monoisotopic (exact) mass is 744 g/mol. The molecule has 1 aliphatic heterocycles. The highest BCUT2D eigenvalue weighted by Gasteiger charge is 2.53. The van der Waals surface area contributed by atoms with Crippen LogP contribution in [0.1, 0.15) is 34.8 Å². The fourth-order valence-electron chi connectivity index (χ4n) is 4.82. The van der Waals surface area contributed by atoms with Crippen LogP contribution in [0.5, 0.6) is 5.75 Å². The van der Waals surface area contributed by atoms with Gasteiger partial charge in [0.25, 0.3) is 5.91 Å². The van der Waals surface area contributed by atoms with Crippen molar-refractivity contribution in [2.24, 2.45) is 4.99 Å². The first-order chi connectivity index (χ1) is 20.8. The van der Waals surface area contributed by atoms with Gasteiger partial charge in [0.05, 0.1) is 16.7 Å². The lowest BCUT2D eigenvalue weighted by Gasteiger charge is -2.31. The Bertz CT molecular complexity index is 1600. The van der Waals surface area contributed by atoms with Gasteiger partial charge in [0.2, 0.25) is 5.90 Å². The van der Waals surface area contributed by atoms with Crippen molar-refractivity contribution >= 4 is 66.9 Å². The maximum absolute atomic E-state index is 14.4. The number of benzene rings is 4. The van der Waals surface area contributed by atoms with Crippen molar-refractivity contribution in [3.05, 3.63) is 132 Å². The summed E-state index contributed by atoms with van der Waals surface area (Å²) in [4.78, 5) is 19.5. The van der Waals surface area contributed by atoms with E-state index in [4.69, 9.17) is 42.8 Å². The lowest BCUT2D eigenvalue weighted by atomic mass is 9.82. The van der Waals surface area contributed by atoms with Crippen LogP contribution in [-0.4, -0.2) is 35.7 Å². The van der Waals surface area contributed by atoms with Crippen LogP contribution in [0.15, 0.2) is 105 Å². The number of nitrogens with zero attached hydrogens (tertiary/aromatic N) is 1. The Labute approximate surface area is 277 Å². The molecule has 2 atom stereocenters. The third-order valence-electron chi connectivity index (χ3n) is 7.03. The summed E-state index contributed by atoms with van der Waals surface area (Å²) in [7, 11) is 0. The van der Waals surface area contributed by atoms with Crippen molar-refractivity contribution in [2.75, 3.05) is 13.2 Å². The second-order valence-corrected chi connectivity index (χ2v) is 12.7. The minimum Gasteiger partial charge on any atom is -0.494 e. The van der Waals surface area contributed by atoms with Crippen molar-refractivity contribution in [3.63, 3.8) is 0 Å². The van der Waals surface area contributed by atoms with Gasteiger partial charge >= 0.3 is 0 Å².